The van der Waals surface area contributed by atoms with Crippen LogP contribution in [0.2, 0.25) is 0 Å². The maximum absolute atomic E-state index is 13.4. The molecule has 0 atom stereocenters. The van der Waals surface area contributed by atoms with E-state index in [1.54, 1.807) is 5.48 Å². The molecular formula is C20H32ClN3O5S. The number of ether oxygens (including phenoxy) is 1. The molecule has 1 aromatic rings. The number of amides is 1. The minimum atomic E-state index is -3.91. The molecule has 0 unspecified atom stereocenters. The zero-order valence-corrected chi connectivity index (χ0v) is 19.2. The highest BCUT2D eigenvalue weighted by atomic mass is 35.5. The third-order valence-electron chi connectivity index (χ3n) is 6.31. The van der Waals surface area contributed by atoms with Crippen LogP contribution in [0.5, 0.6) is 0 Å². The van der Waals surface area contributed by atoms with E-state index in [0.717, 1.165) is 6.54 Å². The Morgan fingerprint density at radius 3 is 2.43 bits per heavy atom. The van der Waals surface area contributed by atoms with Crippen molar-refractivity contribution in [2.45, 2.75) is 49.8 Å². The molecule has 2 saturated heterocycles. The van der Waals surface area contributed by atoms with Crippen LogP contribution < -0.4 is 10.8 Å². The number of nitrogens with zero attached hydrogens (tertiary/aromatic N) is 1. The Hall–Kier alpha value is -1.23. The predicted octanol–water partition coefficient (Wildman–Crippen LogP) is 1.70. The van der Waals surface area contributed by atoms with Crippen LogP contribution in [0.15, 0.2) is 18.2 Å². The first kappa shape index (κ1) is 25.0. The summed E-state index contributed by atoms with van der Waals surface area (Å²) in [5.74, 6) is -0.570. The quantitative estimate of drug-likeness (QED) is 0.439. The van der Waals surface area contributed by atoms with Crippen molar-refractivity contribution in [1.29, 1.82) is 0 Å². The van der Waals surface area contributed by atoms with Gasteiger partial charge < -0.3 is 10.1 Å². The summed E-state index contributed by atoms with van der Waals surface area (Å²) in [4.78, 5) is 12.4. The Labute approximate surface area is 184 Å². The van der Waals surface area contributed by atoms with Gasteiger partial charge >= 0.3 is 0 Å². The van der Waals surface area contributed by atoms with Crippen molar-refractivity contribution in [2.24, 2.45) is 0 Å². The number of piperidine rings is 1. The van der Waals surface area contributed by atoms with E-state index >= 15 is 0 Å². The van der Waals surface area contributed by atoms with Crippen molar-refractivity contribution in [1.82, 2.24) is 15.1 Å². The molecule has 2 aliphatic rings. The van der Waals surface area contributed by atoms with Crippen molar-refractivity contribution in [3.8, 4) is 0 Å². The Morgan fingerprint density at radius 2 is 1.90 bits per heavy atom. The second kappa shape index (κ2) is 10.4. The largest absolute Gasteiger partial charge is 0.381 e. The molecule has 3 N–H and O–H groups in total. The Bertz CT molecular complexity index is 835. The highest BCUT2D eigenvalue weighted by molar-refractivity contribution is 7.91. The van der Waals surface area contributed by atoms with Gasteiger partial charge in [-0.1, -0.05) is 18.2 Å². The van der Waals surface area contributed by atoms with Gasteiger partial charge in [-0.05, 0) is 49.4 Å². The van der Waals surface area contributed by atoms with Gasteiger partial charge in [0.1, 0.15) is 0 Å². The van der Waals surface area contributed by atoms with E-state index in [0.29, 0.717) is 31.8 Å². The van der Waals surface area contributed by atoms with Gasteiger partial charge in [-0.2, -0.15) is 0 Å². The standard InChI is InChI=1S/C20H31N3O5S.ClH/c1-15-13-17(3-4-18(15)14-21-2)16-5-9-23(10-6-16)29(26,27)20(19(24)22-25)7-11-28-12-8-20;/h3-4,13,16,21,25H,5-12,14H2,1-2H3,(H,22,24);1H. The molecule has 2 fully saturated rings. The molecule has 0 aromatic heterocycles. The fraction of sp³-hybridized carbons (Fsp3) is 0.650. The summed E-state index contributed by atoms with van der Waals surface area (Å²) in [6, 6.07) is 6.46. The van der Waals surface area contributed by atoms with E-state index in [4.69, 9.17) is 9.94 Å². The van der Waals surface area contributed by atoms with Crippen LogP contribution in [0, 0.1) is 6.92 Å². The van der Waals surface area contributed by atoms with Gasteiger partial charge in [-0.25, -0.2) is 18.2 Å². The summed E-state index contributed by atoms with van der Waals surface area (Å²) in [5, 5.41) is 12.3. The number of hydrogen-bond donors (Lipinski definition) is 3. The van der Waals surface area contributed by atoms with E-state index in [9.17, 15) is 13.2 Å². The molecule has 0 aliphatic carbocycles. The van der Waals surface area contributed by atoms with E-state index in [1.165, 1.54) is 21.0 Å². The summed E-state index contributed by atoms with van der Waals surface area (Å²) in [6.07, 6.45) is 1.51. The Balaban J connectivity index is 0.00000320. The van der Waals surface area contributed by atoms with Crippen molar-refractivity contribution in [3.63, 3.8) is 0 Å². The summed E-state index contributed by atoms with van der Waals surface area (Å²) < 4.78 is 31.8. The minimum Gasteiger partial charge on any atom is -0.381 e. The van der Waals surface area contributed by atoms with Crippen LogP contribution in [-0.4, -0.2) is 61.9 Å². The number of halogens is 1. The van der Waals surface area contributed by atoms with Gasteiger partial charge in [0, 0.05) is 45.7 Å². The number of rotatable bonds is 6. The van der Waals surface area contributed by atoms with Crippen molar-refractivity contribution >= 4 is 28.3 Å². The molecule has 0 spiro atoms. The Morgan fingerprint density at radius 1 is 1.27 bits per heavy atom. The van der Waals surface area contributed by atoms with Crippen LogP contribution in [0.4, 0.5) is 0 Å². The fourth-order valence-corrected chi connectivity index (χ4v) is 6.59. The normalized spacial score (nSPS) is 20.4. The molecule has 1 amide bonds. The molecule has 0 radical (unpaired) electrons. The van der Waals surface area contributed by atoms with E-state index in [2.05, 4.69) is 30.4 Å². The number of aryl methyl sites for hydroxylation is 1. The number of hydroxylamine groups is 1. The van der Waals surface area contributed by atoms with Crippen molar-refractivity contribution in [2.75, 3.05) is 33.4 Å². The first-order valence-corrected chi connectivity index (χ1v) is 11.6. The SMILES string of the molecule is CNCc1ccc(C2CCN(S(=O)(=O)C3(C(=O)NO)CCOCC3)CC2)cc1C.Cl. The maximum Gasteiger partial charge on any atom is 0.266 e. The molecule has 170 valence electrons. The number of sulfonamides is 1. The number of carbonyl (C=O) groups is 1. The number of hydrogen-bond acceptors (Lipinski definition) is 6. The molecule has 8 nitrogen and oxygen atoms in total. The van der Waals surface area contributed by atoms with E-state index in [-0.39, 0.29) is 38.5 Å². The maximum atomic E-state index is 13.4. The highest BCUT2D eigenvalue weighted by Crippen LogP contribution is 2.37. The van der Waals surface area contributed by atoms with Gasteiger partial charge in [-0.3, -0.25) is 10.0 Å². The smallest absolute Gasteiger partial charge is 0.266 e. The summed E-state index contributed by atoms with van der Waals surface area (Å²) in [5.41, 5.74) is 5.29. The van der Waals surface area contributed by atoms with Crippen LogP contribution in [-0.2, 0) is 26.1 Å². The molecule has 3 rings (SSSR count). The lowest BCUT2D eigenvalue weighted by molar-refractivity contribution is -0.134. The molecule has 0 saturated carbocycles. The number of nitrogens with one attached hydrogen (secondary N) is 2. The predicted molar refractivity (Wildman–Crippen MR) is 116 cm³/mol. The molecule has 10 heteroatoms. The van der Waals surface area contributed by atoms with Gasteiger partial charge in [-0.15, -0.1) is 12.4 Å². The third-order valence-corrected chi connectivity index (χ3v) is 8.93. The van der Waals surface area contributed by atoms with Crippen LogP contribution in [0.3, 0.4) is 0 Å². The van der Waals surface area contributed by atoms with Crippen LogP contribution in [0.1, 0.15) is 48.3 Å². The van der Waals surface area contributed by atoms with Crippen molar-refractivity contribution in [3.05, 3.63) is 34.9 Å². The highest BCUT2D eigenvalue weighted by Gasteiger charge is 2.54. The van der Waals surface area contributed by atoms with Gasteiger partial charge in [0.05, 0.1) is 0 Å². The molecule has 2 heterocycles. The first-order chi connectivity index (χ1) is 13.9. The lowest BCUT2D eigenvalue weighted by Crippen LogP contribution is -2.60. The van der Waals surface area contributed by atoms with E-state index in [1.807, 2.05) is 7.05 Å². The third kappa shape index (κ3) is 4.66. The van der Waals surface area contributed by atoms with Gasteiger partial charge in [0.15, 0.2) is 4.75 Å². The molecule has 2 aliphatic heterocycles. The lowest BCUT2D eigenvalue weighted by atomic mass is 9.88. The van der Waals surface area contributed by atoms with Crippen molar-refractivity contribution < 1.29 is 23.2 Å². The zero-order valence-electron chi connectivity index (χ0n) is 17.5. The molecule has 1 aromatic carbocycles. The average Bonchev–Trinajstić information content (AvgIpc) is 2.75. The molecule has 0 bridgehead atoms. The minimum absolute atomic E-state index is 0. The fourth-order valence-electron chi connectivity index (χ4n) is 4.44. The topological polar surface area (TPSA) is 108 Å². The molecular weight excluding hydrogens is 430 g/mol. The second-order valence-corrected chi connectivity index (χ2v) is 10.2. The monoisotopic (exact) mass is 461 g/mol. The average molecular weight is 462 g/mol. The van der Waals surface area contributed by atoms with E-state index < -0.39 is 20.7 Å². The Kier molecular flexibility index (Phi) is 8.67. The van der Waals surface area contributed by atoms with Crippen LogP contribution in [0.25, 0.3) is 0 Å². The second-order valence-electron chi connectivity index (χ2n) is 7.94. The van der Waals surface area contributed by atoms with Gasteiger partial charge in [0.2, 0.25) is 10.0 Å². The lowest BCUT2D eigenvalue weighted by Gasteiger charge is -2.40. The number of carbonyl (C=O) groups excluding carboxylic acids is 1. The summed E-state index contributed by atoms with van der Waals surface area (Å²) >= 11 is 0. The molecule has 30 heavy (non-hydrogen) atoms. The van der Waals surface area contributed by atoms with Crippen LogP contribution >= 0.6 is 12.4 Å². The zero-order chi connectivity index (χ0) is 21.1. The first-order valence-electron chi connectivity index (χ1n) is 10.1. The summed E-state index contributed by atoms with van der Waals surface area (Å²) in [7, 11) is -1.99. The summed E-state index contributed by atoms with van der Waals surface area (Å²) in [6.45, 7) is 4.01. The number of benzene rings is 1. The van der Waals surface area contributed by atoms with Gasteiger partial charge in [0.25, 0.3) is 5.91 Å².